The van der Waals surface area contributed by atoms with Crippen molar-refractivity contribution in [1.29, 1.82) is 0 Å². The summed E-state index contributed by atoms with van der Waals surface area (Å²) in [6.07, 6.45) is 2.98. The normalized spacial score (nSPS) is 9.94. The van der Waals surface area contributed by atoms with Crippen LogP contribution in [0.3, 0.4) is 0 Å². The van der Waals surface area contributed by atoms with Crippen molar-refractivity contribution in [2.75, 3.05) is 11.1 Å². The predicted octanol–water partition coefficient (Wildman–Crippen LogP) is 2.06. The van der Waals surface area contributed by atoms with E-state index in [2.05, 4.69) is 10.3 Å². The summed E-state index contributed by atoms with van der Waals surface area (Å²) in [5.74, 6) is -0.837. The van der Waals surface area contributed by atoms with E-state index in [0.29, 0.717) is 11.3 Å². The maximum atomic E-state index is 13.0. The molecule has 1 amide bonds. The van der Waals surface area contributed by atoms with Gasteiger partial charge in [-0.2, -0.15) is 0 Å². The number of pyridine rings is 1. The lowest BCUT2D eigenvalue weighted by Crippen LogP contribution is -2.13. The maximum absolute atomic E-state index is 13.0. The van der Waals surface area contributed by atoms with Crippen LogP contribution in [-0.2, 0) is 0 Å². The Bertz CT molecular complexity index is 543. The van der Waals surface area contributed by atoms with Gasteiger partial charge < -0.3 is 11.1 Å². The Morgan fingerprint density at radius 3 is 2.88 bits per heavy atom. The molecule has 86 valence electrons. The second-order valence-corrected chi connectivity index (χ2v) is 3.43. The molecule has 17 heavy (non-hydrogen) atoms. The summed E-state index contributed by atoms with van der Waals surface area (Å²) in [7, 11) is 0. The van der Waals surface area contributed by atoms with Gasteiger partial charge in [-0.1, -0.05) is 0 Å². The molecule has 1 aromatic carbocycles. The fraction of sp³-hybridized carbons (Fsp3) is 0. The number of anilines is 2. The van der Waals surface area contributed by atoms with Crippen LogP contribution in [0.15, 0.2) is 42.7 Å². The number of hydrogen-bond donors (Lipinski definition) is 2. The van der Waals surface area contributed by atoms with Crippen molar-refractivity contribution in [3.8, 4) is 0 Å². The molecule has 0 saturated carbocycles. The van der Waals surface area contributed by atoms with Crippen molar-refractivity contribution in [3.05, 3.63) is 54.1 Å². The van der Waals surface area contributed by atoms with Crippen LogP contribution in [0.5, 0.6) is 0 Å². The van der Waals surface area contributed by atoms with Crippen molar-refractivity contribution in [2.24, 2.45) is 0 Å². The second kappa shape index (κ2) is 4.61. The van der Waals surface area contributed by atoms with Crippen molar-refractivity contribution in [1.82, 2.24) is 4.98 Å². The van der Waals surface area contributed by atoms with Crippen LogP contribution in [-0.4, -0.2) is 10.9 Å². The molecule has 2 aromatic rings. The summed E-state index contributed by atoms with van der Waals surface area (Å²) in [5, 5.41) is 2.52. The number of nitrogens with two attached hydrogens (primary N) is 1. The predicted molar refractivity (Wildman–Crippen MR) is 63.0 cm³/mol. The zero-order valence-electron chi connectivity index (χ0n) is 8.85. The first-order chi connectivity index (χ1) is 8.16. The molecule has 0 aliphatic heterocycles. The highest BCUT2D eigenvalue weighted by molar-refractivity contribution is 6.05. The molecule has 0 unspecified atom stereocenters. The molecule has 0 bridgehead atoms. The number of nitrogen functional groups attached to an aromatic ring is 1. The number of hydrogen-bond acceptors (Lipinski definition) is 3. The topological polar surface area (TPSA) is 68.0 Å². The Morgan fingerprint density at radius 1 is 1.35 bits per heavy atom. The number of amides is 1. The van der Waals surface area contributed by atoms with Crippen molar-refractivity contribution in [3.63, 3.8) is 0 Å². The van der Waals surface area contributed by atoms with Gasteiger partial charge >= 0.3 is 0 Å². The molecule has 0 atom stereocenters. The number of carbonyl (C=O) groups is 1. The molecule has 2 rings (SSSR count). The van der Waals surface area contributed by atoms with Gasteiger partial charge in [0.1, 0.15) is 5.82 Å². The van der Waals surface area contributed by atoms with Crippen LogP contribution in [0, 0.1) is 5.82 Å². The molecule has 1 heterocycles. The maximum Gasteiger partial charge on any atom is 0.257 e. The number of halogens is 1. The number of rotatable bonds is 2. The summed E-state index contributed by atoms with van der Waals surface area (Å²) in [5.41, 5.74) is 6.56. The number of carbonyl (C=O) groups excluding carboxylic acids is 1. The van der Waals surface area contributed by atoms with E-state index in [1.807, 2.05) is 0 Å². The van der Waals surface area contributed by atoms with Crippen LogP contribution in [0.2, 0.25) is 0 Å². The van der Waals surface area contributed by atoms with Crippen molar-refractivity contribution >= 4 is 17.3 Å². The molecular formula is C12H10FN3O. The summed E-state index contributed by atoms with van der Waals surface area (Å²) in [6.45, 7) is 0. The minimum Gasteiger partial charge on any atom is -0.397 e. The first-order valence-corrected chi connectivity index (χ1v) is 4.93. The van der Waals surface area contributed by atoms with E-state index >= 15 is 0 Å². The quantitative estimate of drug-likeness (QED) is 0.777. The summed E-state index contributed by atoms with van der Waals surface area (Å²) in [6, 6.07) is 7.05. The molecule has 0 aliphatic carbocycles. The average Bonchev–Trinajstić information content (AvgIpc) is 2.35. The van der Waals surface area contributed by atoms with Gasteiger partial charge in [-0.3, -0.25) is 9.78 Å². The van der Waals surface area contributed by atoms with E-state index in [0.717, 1.165) is 0 Å². The van der Waals surface area contributed by atoms with E-state index in [1.165, 1.54) is 24.4 Å². The summed E-state index contributed by atoms with van der Waals surface area (Å²) >= 11 is 0. The molecule has 0 fully saturated rings. The molecule has 0 saturated heterocycles. The average molecular weight is 231 g/mol. The van der Waals surface area contributed by atoms with Crippen LogP contribution < -0.4 is 11.1 Å². The van der Waals surface area contributed by atoms with E-state index < -0.39 is 5.82 Å². The number of nitrogens with one attached hydrogen (secondary N) is 1. The largest absolute Gasteiger partial charge is 0.397 e. The van der Waals surface area contributed by atoms with Crippen molar-refractivity contribution in [2.45, 2.75) is 0 Å². The lowest BCUT2D eigenvalue weighted by Gasteiger charge is -2.07. The highest BCUT2D eigenvalue weighted by Gasteiger charge is 2.08. The molecule has 5 heteroatoms. The van der Waals surface area contributed by atoms with Gasteiger partial charge in [0.2, 0.25) is 0 Å². The molecule has 0 radical (unpaired) electrons. The SMILES string of the molecule is Nc1ccc(F)cc1NC(=O)c1cccnc1. The highest BCUT2D eigenvalue weighted by atomic mass is 19.1. The van der Waals surface area contributed by atoms with Gasteiger partial charge in [-0.05, 0) is 30.3 Å². The fourth-order valence-electron chi connectivity index (χ4n) is 1.33. The van der Waals surface area contributed by atoms with Crippen molar-refractivity contribution < 1.29 is 9.18 Å². The number of benzene rings is 1. The Labute approximate surface area is 97.3 Å². The third-order valence-corrected chi connectivity index (χ3v) is 2.19. The Balaban J connectivity index is 2.22. The van der Waals surface area contributed by atoms with Gasteiger partial charge in [0.05, 0.1) is 16.9 Å². The molecule has 0 aliphatic rings. The zero-order chi connectivity index (χ0) is 12.3. The molecule has 0 spiro atoms. The fourth-order valence-corrected chi connectivity index (χ4v) is 1.33. The van der Waals surface area contributed by atoms with Crippen LogP contribution in [0.1, 0.15) is 10.4 Å². The Kier molecular flexibility index (Phi) is 3.00. The lowest BCUT2D eigenvalue weighted by atomic mass is 10.2. The summed E-state index contributed by atoms with van der Waals surface area (Å²) < 4.78 is 13.0. The van der Waals surface area contributed by atoms with Crippen LogP contribution in [0.25, 0.3) is 0 Å². The molecule has 1 aromatic heterocycles. The van der Waals surface area contributed by atoms with Gasteiger partial charge in [0.15, 0.2) is 0 Å². The number of nitrogens with zero attached hydrogens (tertiary/aromatic N) is 1. The first-order valence-electron chi connectivity index (χ1n) is 4.93. The Morgan fingerprint density at radius 2 is 2.18 bits per heavy atom. The van der Waals surface area contributed by atoms with Gasteiger partial charge in [0.25, 0.3) is 5.91 Å². The van der Waals surface area contributed by atoms with E-state index in [1.54, 1.807) is 18.3 Å². The van der Waals surface area contributed by atoms with E-state index in [-0.39, 0.29) is 11.6 Å². The number of aromatic nitrogens is 1. The highest BCUT2D eigenvalue weighted by Crippen LogP contribution is 2.19. The monoisotopic (exact) mass is 231 g/mol. The minimum absolute atomic E-state index is 0.249. The molecule has 3 N–H and O–H groups in total. The van der Waals surface area contributed by atoms with Gasteiger partial charge in [-0.25, -0.2) is 4.39 Å². The zero-order valence-corrected chi connectivity index (χ0v) is 8.85. The van der Waals surface area contributed by atoms with Gasteiger partial charge in [-0.15, -0.1) is 0 Å². The minimum atomic E-state index is -0.458. The summed E-state index contributed by atoms with van der Waals surface area (Å²) in [4.78, 5) is 15.6. The molecular weight excluding hydrogens is 221 g/mol. The lowest BCUT2D eigenvalue weighted by molar-refractivity contribution is 0.102. The van der Waals surface area contributed by atoms with E-state index in [4.69, 9.17) is 5.73 Å². The third-order valence-electron chi connectivity index (χ3n) is 2.19. The van der Waals surface area contributed by atoms with Crippen LogP contribution in [0.4, 0.5) is 15.8 Å². The first kappa shape index (κ1) is 11.1. The standard InChI is InChI=1S/C12H10FN3O/c13-9-3-4-10(14)11(6-9)16-12(17)8-2-1-5-15-7-8/h1-7H,14H2,(H,16,17). The third kappa shape index (κ3) is 2.57. The Hall–Kier alpha value is -2.43. The smallest absolute Gasteiger partial charge is 0.257 e. The second-order valence-electron chi connectivity index (χ2n) is 3.43. The molecule has 4 nitrogen and oxygen atoms in total. The van der Waals surface area contributed by atoms with Crippen LogP contribution >= 0.6 is 0 Å². The van der Waals surface area contributed by atoms with Gasteiger partial charge in [0, 0.05) is 12.4 Å². The van der Waals surface area contributed by atoms with E-state index in [9.17, 15) is 9.18 Å².